The summed E-state index contributed by atoms with van der Waals surface area (Å²) in [7, 11) is -0.625. The first-order valence-electron chi connectivity index (χ1n) is 13.2. The number of carbonyl (C=O) groups is 2. The van der Waals surface area contributed by atoms with Gasteiger partial charge in [0.2, 0.25) is 5.91 Å². The Hall–Kier alpha value is -4.10. The summed E-state index contributed by atoms with van der Waals surface area (Å²) in [6.45, 7) is 3.98. The van der Waals surface area contributed by atoms with Crippen molar-refractivity contribution in [2.75, 3.05) is 36.8 Å². The fraction of sp³-hybridized carbons (Fsp3) is 0.393. The maximum absolute atomic E-state index is 13.4. The van der Waals surface area contributed by atoms with Crippen molar-refractivity contribution >= 4 is 33.3 Å². The molecule has 0 spiro atoms. The van der Waals surface area contributed by atoms with Crippen molar-refractivity contribution in [3.05, 3.63) is 66.6 Å². The maximum Gasteiger partial charge on any atom is 0.321 e. The molecule has 2 aromatic carbocycles. The van der Waals surface area contributed by atoms with Crippen molar-refractivity contribution in [3.8, 4) is 5.75 Å². The average molecular weight is 585 g/mol. The van der Waals surface area contributed by atoms with E-state index in [1.165, 1.54) is 22.0 Å². The Labute approximate surface area is 240 Å². The van der Waals surface area contributed by atoms with Crippen LogP contribution in [0.5, 0.6) is 5.75 Å². The molecular formula is C28H36N6O6S. The van der Waals surface area contributed by atoms with Gasteiger partial charge in [0.15, 0.2) is 5.03 Å². The van der Waals surface area contributed by atoms with Gasteiger partial charge < -0.3 is 29.5 Å². The lowest BCUT2D eigenvalue weighted by atomic mass is 10.0. The number of benzene rings is 2. The number of ether oxygens (including phenoxy) is 1. The molecule has 41 heavy (non-hydrogen) atoms. The highest BCUT2D eigenvalue weighted by Gasteiger charge is 2.32. The second kappa shape index (κ2) is 12.6. The number of sulfonamides is 1. The number of hydrogen-bond acceptors (Lipinski definition) is 7. The van der Waals surface area contributed by atoms with E-state index in [0.717, 1.165) is 0 Å². The molecule has 220 valence electrons. The van der Waals surface area contributed by atoms with Gasteiger partial charge in [0, 0.05) is 49.7 Å². The van der Waals surface area contributed by atoms with Gasteiger partial charge in [-0.15, -0.1) is 0 Å². The molecule has 1 aliphatic rings. The first kappa shape index (κ1) is 29.9. The molecule has 3 aromatic rings. The van der Waals surface area contributed by atoms with E-state index >= 15 is 0 Å². The van der Waals surface area contributed by atoms with Crippen molar-refractivity contribution in [3.63, 3.8) is 0 Å². The van der Waals surface area contributed by atoms with Crippen LogP contribution >= 0.6 is 0 Å². The van der Waals surface area contributed by atoms with Gasteiger partial charge in [0.1, 0.15) is 11.9 Å². The number of anilines is 2. The van der Waals surface area contributed by atoms with Crippen LogP contribution in [-0.4, -0.2) is 83.7 Å². The number of rotatable bonds is 8. The van der Waals surface area contributed by atoms with Gasteiger partial charge >= 0.3 is 6.03 Å². The van der Waals surface area contributed by atoms with Crippen molar-refractivity contribution < 1.29 is 27.9 Å². The van der Waals surface area contributed by atoms with Gasteiger partial charge in [-0.05, 0) is 37.3 Å². The highest BCUT2D eigenvalue weighted by Crippen LogP contribution is 2.30. The van der Waals surface area contributed by atoms with Crippen LogP contribution < -0.4 is 14.8 Å². The zero-order valence-electron chi connectivity index (χ0n) is 23.5. The number of likely N-dealkylation sites (N-methyl/N-ethyl adjacent to an activating group) is 1. The van der Waals surface area contributed by atoms with Gasteiger partial charge in [-0.3, -0.25) is 9.52 Å². The molecule has 0 unspecified atom stereocenters. The van der Waals surface area contributed by atoms with Gasteiger partial charge in [-0.1, -0.05) is 25.1 Å². The van der Waals surface area contributed by atoms with Crippen LogP contribution in [0.4, 0.5) is 16.2 Å². The Morgan fingerprint density at radius 1 is 1.22 bits per heavy atom. The van der Waals surface area contributed by atoms with Crippen LogP contribution in [0.1, 0.15) is 19.4 Å². The van der Waals surface area contributed by atoms with E-state index in [9.17, 15) is 23.1 Å². The fourth-order valence-electron chi connectivity index (χ4n) is 4.54. The van der Waals surface area contributed by atoms with Crippen LogP contribution in [0.2, 0.25) is 0 Å². The number of amides is 3. The predicted octanol–water partition coefficient (Wildman–Crippen LogP) is 2.53. The van der Waals surface area contributed by atoms with Crippen LogP contribution in [0.25, 0.3) is 0 Å². The molecule has 0 fully saturated rings. The monoisotopic (exact) mass is 584 g/mol. The summed E-state index contributed by atoms with van der Waals surface area (Å²) in [5, 5.41) is 12.6. The number of fused-ring (bicyclic) bond motifs is 1. The average Bonchev–Trinajstić information content (AvgIpc) is 3.40. The SMILES string of the molecule is C[C@@H]1CN([C@@H](C)CO)C(=O)Cc2cc(NS(=O)(=O)c3cn(C)cn3)ccc2O[C@@H]1CN(C)C(=O)Nc1ccccc1. The topological polar surface area (TPSA) is 146 Å². The number of aromatic nitrogens is 2. The van der Waals surface area contributed by atoms with Crippen molar-refractivity contribution in [2.45, 2.75) is 37.4 Å². The van der Waals surface area contributed by atoms with E-state index in [4.69, 9.17) is 4.74 Å². The molecule has 3 amide bonds. The Morgan fingerprint density at radius 2 is 1.95 bits per heavy atom. The van der Waals surface area contributed by atoms with Crippen molar-refractivity contribution in [1.82, 2.24) is 19.4 Å². The van der Waals surface area contributed by atoms with Crippen LogP contribution in [0.15, 0.2) is 66.1 Å². The number of aliphatic hydroxyl groups excluding tert-OH is 1. The number of carbonyl (C=O) groups excluding carboxylic acids is 2. The second-order valence-electron chi connectivity index (χ2n) is 10.4. The third-order valence-corrected chi connectivity index (χ3v) is 8.22. The third kappa shape index (κ3) is 7.35. The Morgan fingerprint density at radius 3 is 2.61 bits per heavy atom. The minimum atomic E-state index is -3.96. The smallest absolute Gasteiger partial charge is 0.321 e. The van der Waals surface area contributed by atoms with E-state index in [-0.39, 0.29) is 48.1 Å². The van der Waals surface area contributed by atoms with Gasteiger partial charge in [0.25, 0.3) is 10.0 Å². The number of urea groups is 1. The number of hydrogen-bond donors (Lipinski definition) is 3. The molecule has 0 saturated heterocycles. The molecule has 0 saturated carbocycles. The maximum atomic E-state index is 13.4. The first-order chi connectivity index (χ1) is 19.5. The quantitative estimate of drug-likeness (QED) is 0.369. The lowest BCUT2D eigenvalue weighted by Gasteiger charge is -2.34. The molecule has 3 atom stereocenters. The molecular weight excluding hydrogens is 548 g/mol. The summed E-state index contributed by atoms with van der Waals surface area (Å²) in [5.41, 5.74) is 1.38. The molecule has 13 heteroatoms. The fourth-order valence-corrected chi connectivity index (χ4v) is 5.57. The molecule has 2 heterocycles. The van der Waals surface area contributed by atoms with E-state index in [1.807, 2.05) is 25.1 Å². The minimum absolute atomic E-state index is 0.0669. The van der Waals surface area contributed by atoms with Crippen molar-refractivity contribution in [2.24, 2.45) is 13.0 Å². The molecule has 0 aliphatic carbocycles. The van der Waals surface area contributed by atoms with Gasteiger partial charge in [0.05, 0.1) is 31.9 Å². The minimum Gasteiger partial charge on any atom is -0.488 e. The Balaban J connectivity index is 1.62. The highest BCUT2D eigenvalue weighted by molar-refractivity contribution is 7.92. The summed E-state index contributed by atoms with van der Waals surface area (Å²) in [6.07, 6.45) is 2.19. The summed E-state index contributed by atoms with van der Waals surface area (Å²) in [5.74, 6) is -0.0385. The van der Waals surface area contributed by atoms with Crippen molar-refractivity contribution in [1.29, 1.82) is 0 Å². The van der Waals surface area contributed by atoms with E-state index < -0.39 is 22.2 Å². The number of nitrogens with one attached hydrogen (secondary N) is 2. The lowest BCUT2D eigenvalue weighted by molar-refractivity contribution is -0.134. The normalized spacial score (nSPS) is 18.3. The van der Waals surface area contributed by atoms with Crippen LogP contribution in [0, 0.1) is 5.92 Å². The summed E-state index contributed by atoms with van der Waals surface area (Å²) in [4.78, 5) is 33.4. The molecule has 12 nitrogen and oxygen atoms in total. The lowest BCUT2D eigenvalue weighted by Crippen LogP contribution is -2.48. The zero-order chi connectivity index (χ0) is 29.7. The molecule has 4 rings (SSSR count). The number of aryl methyl sites for hydroxylation is 1. The molecule has 1 aliphatic heterocycles. The van der Waals surface area contributed by atoms with Crippen LogP contribution in [-0.2, 0) is 28.3 Å². The number of imidazole rings is 1. The molecule has 0 bridgehead atoms. The Kier molecular flexibility index (Phi) is 9.18. The van der Waals surface area contributed by atoms with E-state index in [0.29, 0.717) is 23.5 Å². The first-order valence-corrected chi connectivity index (χ1v) is 14.7. The van der Waals surface area contributed by atoms with Crippen LogP contribution in [0.3, 0.4) is 0 Å². The number of aliphatic hydroxyl groups is 1. The summed E-state index contributed by atoms with van der Waals surface area (Å²) in [6, 6.07) is 13.1. The largest absolute Gasteiger partial charge is 0.488 e. The molecule has 0 radical (unpaired) electrons. The van der Waals surface area contributed by atoms with Gasteiger partial charge in [-0.25, -0.2) is 9.78 Å². The van der Waals surface area contributed by atoms with E-state index in [1.54, 1.807) is 56.3 Å². The zero-order valence-corrected chi connectivity index (χ0v) is 24.3. The predicted molar refractivity (Wildman–Crippen MR) is 154 cm³/mol. The summed E-state index contributed by atoms with van der Waals surface area (Å²) < 4.78 is 36.2. The summed E-state index contributed by atoms with van der Waals surface area (Å²) >= 11 is 0. The molecule has 1 aromatic heterocycles. The highest BCUT2D eigenvalue weighted by atomic mass is 32.2. The third-order valence-electron chi connectivity index (χ3n) is 6.95. The standard InChI is InChI=1S/C28H36N6O6S/c1-19-14-34(20(2)17-35)27(36)13-21-12-23(31-41(38,39)26-16-32(3)18-29-26)10-11-24(21)40-25(19)15-33(4)28(37)30-22-8-6-5-7-9-22/h5-12,16,18-20,25,31,35H,13-15,17H2,1-4H3,(H,30,37)/t19-,20+,25-/m1/s1. The van der Waals surface area contributed by atoms with Gasteiger partial charge in [-0.2, -0.15) is 8.42 Å². The number of nitrogens with zero attached hydrogens (tertiary/aromatic N) is 4. The second-order valence-corrected chi connectivity index (χ2v) is 12.0. The molecule has 3 N–H and O–H groups in total. The number of para-hydroxylation sites is 1. The van der Waals surface area contributed by atoms with E-state index in [2.05, 4.69) is 15.0 Å². The Bertz CT molecular complexity index is 1480.